The van der Waals surface area contributed by atoms with Crippen LogP contribution in [0.4, 0.5) is 0 Å². The summed E-state index contributed by atoms with van der Waals surface area (Å²) in [6.07, 6.45) is 1.11. The van der Waals surface area contributed by atoms with E-state index >= 15 is 0 Å². The Bertz CT molecular complexity index is 994. The highest BCUT2D eigenvalue weighted by molar-refractivity contribution is 7.90. The van der Waals surface area contributed by atoms with Crippen molar-refractivity contribution >= 4 is 25.6 Å². The van der Waals surface area contributed by atoms with Crippen LogP contribution in [0.1, 0.15) is 35.8 Å². The summed E-state index contributed by atoms with van der Waals surface area (Å²) in [5.41, 5.74) is 0.937. The number of rotatable bonds is 6. The highest BCUT2D eigenvalue weighted by Gasteiger charge is 2.19. The number of carbonyl (C=O) groups is 1. The Hall–Kier alpha value is -2.03. The van der Waals surface area contributed by atoms with Gasteiger partial charge in [-0.15, -0.1) is 0 Å². The average molecular weight is 381 g/mol. The second-order valence-corrected chi connectivity index (χ2v) is 9.50. The molecule has 25 heavy (non-hydrogen) atoms. The molecule has 134 valence electrons. The smallest absolute Gasteiger partial charge is 0.241 e. The predicted molar refractivity (Wildman–Crippen MR) is 94.7 cm³/mol. The van der Waals surface area contributed by atoms with Crippen LogP contribution in [-0.2, 0) is 19.9 Å². The second-order valence-electron chi connectivity index (χ2n) is 5.77. The van der Waals surface area contributed by atoms with Gasteiger partial charge in [0.25, 0.3) is 0 Å². The molecule has 1 atom stereocenters. The fraction of sp³-hybridized carbons (Fsp3) is 0.235. The summed E-state index contributed by atoms with van der Waals surface area (Å²) in [4.78, 5) is 11.6. The molecule has 0 aliphatic carbocycles. The zero-order chi connectivity index (χ0) is 18.8. The third-order valence-electron chi connectivity index (χ3n) is 3.69. The Balaban J connectivity index is 2.25. The Morgan fingerprint density at radius 2 is 1.56 bits per heavy atom. The van der Waals surface area contributed by atoms with Gasteiger partial charge in [-0.25, -0.2) is 21.6 Å². The first-order chi connectivity index (χ1) is 11.5. The summed E-state index contributed by atoms with van der Waals surface area (Å²) in [5.74, 6) is -0.221. The number of carbonyl (C=O) groups excluding carboxylic acids is 1. The van der Waals surface area contributed by atoms with Crippen molar-refractivity contribution in [3.8, 4) is 0 Å². The van der Waals surface area contributed by atoms with E-state index in [1.54, 1.807) is 25.1 Å². The molecule has 0 aliphatic heterocycles. The van der Waals surface area contributed by atoms with Crippen molar-refractivity contribution in [1.29, 1.82) is 0 Å². The van der Waals surface area contributed by atoms with E-state index in [9.17, 15) is 21.6 Å². The molecule has 0 unspecified atom stereocenters. The minimum absolute atomic E-state index is 0.000180. The van der Waals surface area contributed by atoms with Crippen LogP contribution in [0.2, 0.25) is 0 Å². The highest BCUT2D eigenvalue weighted by Crippen LogP contribution is 2.20. The van der Waals surface area contributed by atoms with Crippen LogP contribution >= 0.6 is 0 Å². The van der Waals surface area contributed by atoms with Gasteiger partial charge in [-0.3, -0.25) is 4.79 Å². The van der Waals surface area contributed by atoms with Gasteiger partial charge in [0.2, 0.25) is 10.0 Å². The predicted octanol–water partition coefficient (Wildman–Crippen LogP) is 2.33. The van der Waals surface area contributed by atoms with Gasteiger partial charge in [0.05, 0.1) is 9.79 Å². The monoisotopic (exact) mass is 381 g/mol. The van der Waals surface area contributed by atoms with E-state index in [0.717, 1.165) is 6.26 Å². The molecule has 0 fully saturated rings. The summed E-state index contributed by atoms with van der Waals surface area (Å²) in [6, 6.07) is 11.2. The van der Waals surface area contributed by atoms with Crippen LogP contribution in [0.15, 0.2) is 58.3 Å². The number of nitrogens with one attached hydrogen (secondary N) is 1. The lowest BCUT2D eigenvalue weighted by Crippen LogP contribution is -2.27. The first kappa shape index (κ1) is 19.3. The van der Waals surface area contributed by atoms with Gasteiger partial charge in [-0.05, 0) is 43.7 Å². The van der Waals surface area contributed by atoms with Crippen LogP contribution < -0.4 is 4.72 Å². The van der Waals surface area contributed by atoms with Gasteiger partial charge >= 0.3 is 0 Å². The van der Waals surface area contributed by atoms with E-state index in [0.29, 0.717) is 11.1 Å². The minimum atomic E-state index is -3.82. The first-order valence-electron chi connectivity index (χ1n) is 7.44. The first-order valence-corrected chi connectivity index (χ1v) is 10.8. The molecule has 2 aromatic rings. The van der Waals surface area contributed by atoms with Gasteiger partial charge in [0.15, 0.2) is 15.6 Å². The second kappa shape index (κ2) is 7.07. The van der Waals surface area contributed by atoms with E-state index < -0.39 is 25.9 Å². The Labute approximate surface area is 147 Å². The molecule has 0 heterocycles. The molecule has 6 nitrogen and oxygen atoms in total. The van der Waals surface area contributed by atoms with Crippen molar-refractivity contribution in [3.05, 3.63) is 59.7 Å². The van der Waals surface area contributed by atoms with E-state index in [1.807, 2.05) is 0 Å². The molecular formula is C17H19NO5S2. The summed E-state index contributed by atoms with van der Waals surface area (Å²) < 4.78 is 50.5. The highest BCUT2D eigenvalue weighted by atomic mass is 32.2. The number of sulfone groups is 1. The maximum Gasteiger partial charge on any atom is 0.241 e. The fourth-order valence-electron chi connectivity index (χ4n) is 2.25. The quantitative estimate of drug-likeness (QED) is 0.775. The molecule has 0 amide bonds. The molecule has 0 spiro atoms. The molecule has 1 N–H and O–H groups in total. The van der Waals surface area contributed by atoms with Gasteiger partial charge in [0.1, 0.15) is 0 Å². The molecular weight excluding hydrogens is 362 g/mol. The molecule has 8 heteroatoms. The van der Waals surface area contributed by atoms with Gasteiger partial charge in [0, 0.05) is 17.9 Å². The van der Waals surface area contributed by atoms with Gasteiger partial charge in [-0.2, -0.15) is 0 Å². The zero-order valence-electron chi connectivity index (χ0n) is 14.1. The summed E-state index contributed by atoms with van der Waals surface area (Å²) in [7, 11) is -7.13. The van der Waals surface area contributed by atoms with Gasteiger partial charge in [-0.1, -0.05) is 24.3 Å². The molecule has 0 aliphatic rings. The summed E-state index contributed by atoms with van der Waals surface area (Å²) in [5, 5.41) is 0. The van der Waals surface area contributed by atoms with E-state index in [1.165, 1.54) is 37.3 Å². The number of Topliss-reactive ketones (excluding diaryl/α,β-unsaturated/α-hetero) is 1. The van der Waals surface area contributed by atoms with Crippen molar-refractivity contribution in [2.24, 2.45) is 0 Å². The SMILES string of the molecule is CC(=O)c1cccc(S(=O)(=O)N[C@H](C)c2ccc(S(C)(=O)=O)cc2)c1. The van der Waals surface area contributed by atoms with Crippen molar-refractivity contribution < 1.29 is 21.6 Å². The molecule has 0 radical (unpaired) electrons. The number of sulfonamides is 1. The number of benzene rings is 2. The van der Waals surface area contributed by atoms with Crippen molar-refractivity contribution in [2.75, 3.05) is 6.26 Å². The Morgan fingerprint density at radius 3 is 2.08 bits per heavy atom. The van der Waals surface area contributed by atoms with Crippen molar-refractivity contribution in [2.45, 2.75) is 29.7 Å². The average Bonchev–Trinajstić information content (AvgIpc) is 2.54. The van der Waals surface area contributed by atoms with Gasteiger partial charge < -0.3 is 0 Å². The van der Waals surface area contributed by atoms with E-state index in [-0.39, 0.29) is 15.6 Å². The molecule has 0 aromatic heterocycles. The number of hydrogen-bond acceptors (Lipinski definition) is 5. The lowest BCUT2D eigenvalue weighted by molar-refractivity contribution is 0.101. The maximum absolute atomic E-state index is 12.5. The Morgan fingerprint density at radius 1 is 0.960 bits per heavy atom. The number of ketones is 1. The van der Waals surface area contributed by atoms with E-state index in [4.69, 9.17) is 0 Å². The Kier molecular flexibility index (Phi) is 5.46. The normalized spacial score (nSPS) is 13.4. The zero-order valence-corrected chi connectivity index (χ0v) is 15.7. The molecule has 0 saturated heterocycles. The van der Waals surface area contributed by atoms with Crippen molar-refractivity contribution in [3.63, 3.8) is 0 Å². The minimum Gasteiger partial charge on any atom is -0.295 e. The van der Waals surface area contributed by atoms with Crippen LogP contribution in [-0.4, -0.2) is 28.9 Å². The largest absolute Gasteiger partial charge is 0.295 e. The third kappa shape index (κ3) is 4.75. The molecule has 2 rings (SSSR count). The molecule has 0 saturated carbocycles. The third-order valence-corrected chi connectivity index (χ3v) is 6.36. The lowest BCUT2D eigenvalue weighted by Gasteiger charge is -2.15. The van der Waals surface area contributed by atoms with Crippen LogP contribution in [0.5, 0.6) is 0 Å². The van der Waals surface area contributed by atoms with Crippen LogP contribution in [0.25, 0.3) is 0 Å². The standard InChI is InChI=1S/C17H19NO5S2/c1-12(14-7-9-16(10-8-14)24(3,20)21)18-25(22,23)17-6-4-5-15(11-17)13(2)19/h4-12,18H,1-3H3/t12-/m1/s1. The van der Waals surface area contributed by atoms with Crippen LogP contribution in [0, 0.1) is 0 Å². The topological polar surface area (TPSA) is 97.4 Å². The van der Waals surface area contributed by atoms with Crippen LogP contribution in [0.3, 0.4) is 0 Å². The molecule has 0 bridgehead atoms. The van der Waals surface area contributed by atoms with Crippen molar-refractivity contribution in [1.82, 2.24) is 4.72 Å². The van der Waals surface area contributed by atoms with E-state index in [2.05, 4.69) is 4.72 Å². The summed E-state index contributed by atoms with van der Waals surface area (Å²) in [6.45, 7) is 3.02. The fourth-order valence-corrected chi connectivity index (χ4v) is 4.16. The summed E-state index contributed by atoms with van der Waals surface area (Å²) >= 11 is 0. The lowest BCUT2D eigenvalue weighted by atomic mass is 10.1. The maximum atomic E-state index is 12.5. The molecule has 2 aromatic carbocycles. The number of hydrogen-bond donors (Lipinski definition) is 1.